The van der Waals surface area contributed by atoms with Crippen LogP contribution in [0.3, 0.4) is 0 Å². The van der Waals surface area contributed by atoms with E-state index in [0.717, 1.165) is 33.8 Å². The minimum absolute atomic E-state index is 0.0731. The lowest BCUT2D eigenvalue weighted by atomic mass is 10.2. The SMILES string of the molecule is Oc1cc(Cl)ccc1C=Nc1ccc(-c2nc3ccc(N=Cc4ccc(Cl)cc4O)cc3[nH]2)cc1. The van der Waals surface area contributed by atoms with Crippen molar-refractivity contribution in [3.8, 4) is 22.9 Å². The number of aromatic hydroxyl groups is 2. The average molecular weight is 501 g/mol. The number of nitrogens with one attached hydrogen (secondary N) is 1. The Morgan fingerprint density at radius 2 is 1.26 bits per heavy atom. The lowest BCUT2D eigenvalue weighted by Gasteiger charge is -2.00. The maximum absolute atomic E-state index is 9.99. The van der Waals surface area contributed by atoms with Gasteiger partial charge in [0.25, 0.3) is 0 Å². The average Bonchev–Trinajstić information content (AvgIpc) is 3.27. The first-order chi connectivity index (χ1) is 16.9. The molecule has 5 rings (SSSR count). The summed E-state index contributed by atoms with van der Waals surface area (Å²) in [6.07, 6.45) is 3.18. The van der Waals surface area contributed by atoms with Gasteiger partial charge in [0.2, 0.25) is 0 Å². The van der Waals surface area contributed by atoms with Crippen molar-refractivity contribution in [2.24, 2.45) is 9.98 Å². The summed E-state index contributed by atoms with van der Waals surface area (Å²) in [5.41, 5.74) is 5.18. The second-order valence-electron chi connectivity index (χ2n) is 7.76. The van der Waals surface area contributed by atoms with E-state index in [1.54, 1.807) is 36.7 Å². The number of aliphatic imine (C=N–C) groups is 2. The number of hydrogen-bond donors (Lipinski definition) is 3. The minimum Gasteiger partial charge on any atom is -0.507 e. The molecule has 4 aromatic carbocycles. The number of aromatic amines is 1. The molecule has 0 fully saturated rings. The van der Waals surface area contributed by atoms with Crippen LogP contribution in [-0.4, -0.2) is 32.6 Å². The quantitative estimate of drug-likeness (QED) is 0.218. The molecule has 0 saturated heterocycles. The van der Waals surface area contributed by atoms with Gasteiger partial charge in [-0.15, -0.1) is 0 Å². The largest absolute Gasteiger partial charge is 0.507 e. The monoisotopic (exact) mass is 500 g/mol. The van der Waals surface area contributed by atoms with Gasteiger partial charge in [-0.25, -0.2) is 4.98 Å². The van der Waals surface area contributed by atoms with E-state index in [1.165, 1.54) is 12.1 Å². The third-order valence-corrected chi connectivity index (χ3v) is 5.77. The molecular weight excluding hydrogens is 483 g/mol. The Morgan fingerprint density at radius 1 is 0.686 bits per heavy atom. The molecule has 0 aliphatic carbocycles. The van der Waals surface area contributed by atoms with Crippen LogP contribution < -0.4 is 0 Å². The number of H-pyrrole nitrogens is 1. The number of hydrogen-bond acceptors (Lipinski definition) is 5. The highest BCUT2D eigenvalue weighted by Crippen LogP contribution is 2.27. The Bertz CT molecular complexity index is 1590. The summed E-state index contributed by atoms with van der Waals surface area (Å²) in [5, 5.41) is 20.9. The number of benzene rings is 4. The van der Waals surface area contributed by atoms with Gasteiger partial charge < -0.3 is 15.2 Å². The summed E-state index contributed by atoms with van der Waals surface area (Å²) < 4.78 is 0. The van der Waals surface area contributed by atoms with Crippen molar-refractivity contribution in [1.29, 1.82) is 0 Å². The zero-order chi connectivity index (χ0) is 24.4. The molecule has 0 saturated carbocycles. The van der Waals surface area contributed by atoms with E-state index < -0.39 is 0 Å². The standard InChI is InChI=1S/C27H18Cl2N4O2/c28-19-5-1-17(25(34)11-19)14-30-21-7-3-16(4-8-21)27-32-23-10-9-22(13-24(23)33-27)31-15-18-2-6-20(29)12-26(18)35/h1-15,34-35H,(H,32,33). The van der Waals surface area contributed by atoms with Gasteiger partial charge in [-0.3, -0.25) is 9.98 Å². The van der Waals surface area contributed by atoms with E-state index >= 15 is 0 Å². The number of nitrogens with zero attached hydrogens (tertiary/aromatic N) is 3. The molecule has 0 radical (unpaired) electrons. The lowest BCUT2D eigenvalue weighted by Crippen LogP contribution is -1.82. The molecule has 0 amide bonds. The fraction of sp³-hybridized carbons (Fsp3) is 0. The first kappa shape index (κ1) is 22.7. The van der Waals surface area contributed by atoms with Crippen molar-refractivity contribution in [3.63, 3.8) is 0 Å². The Labute approximate surface area is 210 Å². The van der Waals surface area contributed by atoms with Gasteiger partial charge >= 0.3 is 0 Å². The molecule has 0 spiro atoms. The van der Waals surface area contributed by atoms with Crippen LogP contribution in [0, 0.1) is 0 Å². The molecule has 35 heavy (non-hydrogen) atoms. The zero-order valence-corrected chi connectivity index (χ0v) is 19.7. The summed E-state index contributed by atoms with van der Waals surface area (Å²) in [6.45, 7) is 0. The molecule has 0 unspecified atom stereocenters. The lowest BCUT2D eigenvalue weighted by molar-refractivity contribution is 0.474. The second kappa shape index (κ2) is 9.62. The number of phenolic OH excluding ortho intramolecular Hbond substituents is 2. The summed E-state index contributed by atoms with van der Waals surface area (Å²) in [7, 11) is 0. The molecule has 1 heterocycles. The number of phenols is 2. The van der Waals surface area contributed by atoms with Crippen LogP contribution in [0.25, 0.3) is 22.4 Å². The van der Waals surface area contributed by atoms with Gasteiger partial charge in [-0.1, -0.05) is 23.2 Å². The van der Waals surface area contributed by atoms with E-state index in [2.05, 4.69) is 20.0 Å². The fourth-order valence-corrected chi connectivity index (χ4v) is 3.79. The van der Waals surface area contributed by atoms with Crippen molar-refractivity contribution in [2.75, 3.05) is 0 Å². The number of aromatic nitrogens is 2. The Morgan fingerprint density at radius 3 is 1.86 bits per heavy atom. The predicted molar refractivity (Wildman–Crippen MR) is 142 cm³/mol. The summed E-state index contributed by atoms with van der Waals surface area (Å²) in [6, 6.07) is 23.0. The summed E-state index contributed by atoms with van der Waals surface area (Å²) in [4.78, 5) is 16.8. The molecule has 172 valence electrons. The minimum atomic E-state index is 0.0731. The molecule has 0 aliphatic heterocycles. The number of imidazole rings is 1. The van der Waals surface area contributed by atoms with E-state index in [1.807, 2.05) is 42.5 Å². The third-order valence-electron chi connectivity index (χ3n) is 5.30. The molecule has 0 bridgehead atoms. The highest BCUT2D eigenvalue weighted by molar-refractivity contribution is 6.31. The molecule has 0 atom stereocenters. The normalized spacial score (nSPS) is 11.7. The molecule has 6 nitrogen and oxygen atoms in total. The van der Waals surface area contributed by atoms with Gasteiger partial charge in [0.05, 0.1) is 22.4 Å². The highest BCUT2D eigenvalue weighted by Gasteiger charge is 2.07. The molecular formula is C27H18Cl2N4O2. The first-order valence-corrected chi connectivity index (χ1v) is 11.4. The molecule has 8 heteroatoms. The summed E-state index contributed by atoms with van der Waals surface area (Å²) in [5.74, 6) is 0.875. The van der Waals surface area contributed by atoms with Crippen molar-refractivity contribution >= 4 is 58.0 Å². The van der Waals surface area contributed by atoms with Gasteiger partial charge in [0.1, 0.15) is 17.3 Å². The molecule has 3 N–H and O–H groups in total. The number of halogens is 2. The van der Waals surface area contributed by atoms with Gasteiger partial charge in [-0.2, -0.15) is 0 Å². The van der Waals surface area contributed by atoms with E-state index in [0.29, 0.717) is 21.2 Å². The van der Waals surface area contributed by atoms with Crippen LogP contribution in [0.5, 0.6) is 11.5 Å². The molecule has 0 aliphatic rings. The zero-order valence-electron chi connectivity index (χ0n) is 18.2. The second-order valence-corrected chi connectivity index (χ2v) is 8.63. The van der Waals surface area contributed by atoms with Crippen molar-refractivity contribution in [3.05, 3.63) is 100 Å². The fourth-order valence-electron chi connectivity index (χ4n) is 3.46. The summed E-state index contributed by atoms with van der Waals surface area (Å²) >= 11 is 11.7. The van der Waals surface area contributed by atoms with Crippen LogP contribution in [-0.2, 0) is 0 Å². The topological polar surface area (TPSA) is 93.9 Å². The molecule has 5 aromatic rings. The van der Waals surface area contributed by atoms with Crippen LogP contribution in [0.4, 0.5) is 11.4 Å². The highest BCUT2D eigenvalue weighted by atomic mass is 35.5. The van der Waals surface area contributed by atoms with E-state index in [-0.39, 0.29) is 11.5 Å². The smallest absolute Gasteiger partial charge is 0.138 e. The maximum Gasteiger partial charge on any atom is 0.138 e. The first-order valence-electron chi connectivity index (χ1n) is 10.6. The van der Waals surface area contributed by atoms with E-state index in [9.17, 15) is 10.2 Å². The number of rotatable bonds is 5. The van der Waals surface area contributed by atoms with Gasteiger partial charge in [-0.05, 0) is 78.9 Å². The van der Waals surface area contributed by atoms with Crippen molar-refractivity contribution < 1.29 is 10.2 Å². The van der Waals surface area contributed by atoms with Crippen molar-refractivity contribution in [2.45, 2.75) is 0 Å². The number of fused-ring (bicyclic) bond motifs is 1. The van der Waals surface area contributed by atoms with E-state index in [4.69, 9.17) is 23.2 Å². The van der Waals surface area contributed by atoms with Gasteiger partial charge in [0, 0.05) is 39.2 Å². The maximum atomic E-state index is 9.99. The van der Waals surface area contributed by atoms with Crippen LogP contribution in [0.2, 0.25) is 10.0 Å². The van der Waals surface area contributed by atoms with Crippen molar-refractivity contribution in [1.82, 2.24) is 9.97 Å². The molecule has 1 aromatic heterocycles. The Kier molecular flexibility index (Phi) is 6.23. The van der Waals surface area contributed by atoms with Gasteiger partial charge in [0.15, 0.2) is 0 Å². The Balaban J connectivity index is 1.34. The van der Waals surface area contributed by atoms with Crippen LogP contribution in [0.15, 0.2) is 88.8 Å². The Hall–Kier alpha value is -4.13. The third kappa shape index (κ3) is 5.19. The predicted octanol–water partition coefficient (Wildman–Crippen LogP) is 7.45. The van der Waals surface area contributed by atoms with Crippen LogP contribution in [0.1, 0.15) is 11.1 Å². The van der Waals surface area contributed by atoms with Crippen LogP contribution >= 0.6 is 23.2 Å².